The second kappa shape index (κ2) is 15.1. The first-order chi connectivity index (χ1) is 21.5. The molecule has 4 amide bonds. The van der Waals surface area contributed by atoms with Crippen molar-refractivity contribution in [3.63, 3.8) is 0 Å². The van der Waals surface area contributed by atoms with Crippen molar-refractivity contribution in [1.29, 1.82) is 0 Å². The lowest BCUT2D eigenvalue weighted by Crippen LogP contribution is -2.37. The Kier molecular flexibility index (Phi) is 11.2. The third-order valence-electron chi connectivity index (χ3n) is 6.69. The van der Waals surface area contributed by atoms with E-state index in [0.29, 0.717) is 38.8 Å². The molecule has 0 saturated carbocycles. The Balaban J connectivity index is 1.34. The number of benzene rings is 2. The molecule has 234 valence electrons. The van der Waals surface area contributed by atoms with Gasteiger partial charge in [-0.3, -0.25) is 23.6 Å². The topological polar surface area (TPSA) is 134 Å². The number of aromatic nitrogens is 2. The molecule has 0 fully saturated rings. The highest BCUT2D eigenvalue weighted by molar-refractivity contribution is 9.10. The van der Waals surface area contributed by atoms with E-state index in [2.05, 4.69) is 36.9 Å². The van der Waals surface area contributed by atoms with E-state index in [0.717, 1.165) is 10.3 Å². The highest BCUT2D eigenvalue weighted by Gasteiger charge is 2.20. The van der Waals surface area contributed by atoms with Gasteiger partial charge in [0.2, 0.25) is 17.7 Å². The van der Waals surface area contributed by atoms with Crippen LogP contribution in [0, 0.1) is 6.92 Å². The van der Waals surface area contributed by atoms with E-state index in [4.69, 9.17) is 27.9 Å². The second-order valence-electron chi connectivity index (χ2n) is 9.68. The fourth-order valence-electron chi connectivity index (χ4n) is 4.11. The number of anilines is 1. The zero-order valence-electron chi connectivity index (χ0n) is 24.5. The number of pyridine rings is 1. The molecule has 4 aromatic rings. The number of likely N-dealkylation sites (N-methyl/N-ethyl adjacent to an activating group) is 2. The number of rotatable bonds is 11. The maximum absolute atomic E-state index is 12.9. The molecule has 3 N–H and O–H groups in total. The van der Waals surface area contributed by atoms with Crippen LogP contribution in [-0.2, 0) is 21.0 Å². The quantitative estimate of drug-likeness (QED) is 0.195. The number of amides is 4. The summed E-state index contributed by atoms with van der Waals surface area (Å²) >= 11 is 16.6. The third-order valence-corrected chi connectivity index (χ3v) is 8.42. The number of carbonyl (C=O) groups is 4. The maximum Gasteiger partial charge on any atom is 0.251 e. The van der Waals surface area contributed by atoms with Gasteiger partial charge in [0.1, 0.15) is 11.2 Å². The van der Waals surface area contributed by atoms with Crippen LogP contribution in [0.4, 0.5) is 5.69 Å². The first-order valence-corrected chi connectivity index (χ1v) is 15.1. The number of halogens is 3. The summed E-state index contributed by atoms with van der Waals surface area (Å²) in [5.74, 6) is -1.08. The van der Waals surface area contributed by atoms with Gasteiger partial charge in [-0.15, -0.1) is 0 Å². The van der Waals surface area contributed by atoms with Crippen molar-refractivity contribution in [3.05, 3.63) is 97.8 Å². The van der Waals surface area contributed by atoms with Gasteiger partial charge in [-0.05, 0) is 70.9 Å². The van der Waals surface area contributed by atoms with E-state index in [-0.39, 0.29) is 30.6 Å². The Morgan fingerprint density at radius 2 is 1.78 bits per heavy atom. The van der Waals surface area contributed by atoms with Gasteiger partial charge in [0.25, 0.3) is 5.91 Å². The molecule has 2 aromatic carbocycles. The lowest BCUT2D eigenvalue weighted by atomic mass is 10.1. The normalized spacial score (nSPS) is 11.0. The molecule has 14 heteroatoms. The Labute approximate surface area is 277 Å². The molecule has 0 bridgehead atoms. The van der Waals surface area contributed by atoms with Crippen LogP contribution >= 0.6 is 39.1 Å². The summed E-state index contributed by atoms with van der Waals surface area (Å²) in [6, 6.07) is 13.3. The minimum atomic E-state index is -0.490. The van der Waals surface area contributed by atoms with Gasteiger partial charge < -0.3 is 25.6 Å². The highest BCUT2D eigenvalue weighted by Crippen LogP contribution is 2.35. The van der Waals surface area contributed by atoms with Gasteiger partial charge in [-0.25, -0.2) is 4.98 Å². The molecule has 0 unspecified atom stereocenters. The van der Waals surface area contributed by atoms with Crippen LogP contribution in [0.5, 0.6) is 5.75 Å². The Morgan fingerprint density at radius 3 is 2.49 bits per heavy atom. The van der Waals surface area contributed by atoms with E-state index in [1.807, 2.05) is 23.6 Å². The molecular weight excluding hydrogens is 687 g/mol. The Morgan fingerprint density at radius 1 is 1.04 bits per heavy atom. The Bertz CT molecular complexity index is 1790. The fraction of sp³-hybridized carbons (Fsp3) is 0.194. The van der Waals surface area contributed by atoms with Crippen LogP contribution < -0.4 is 25.6 Å². The average molecular weight is 716 g/mol. The molecule has 0 spiro atoms. The molecule has 0 saturated heterocycles. The smallest absolute Gasteiger partial charge is 0.251 e. The van der Waals surface area contributed by atoms with Gasteiger partial charge in [-0.2, -0.15) is 0 Å². The van der Waals surface area contributed by atoms with Crippen molar-refractivity contribution in [3.8, 4) is 5.75 Å². The summed E-state index contributed by atoms with van der Waals surface area (Å²) in [4.78, 5) is 54.6. The van der Waals surface area contributed by atoms with Crippen LogP contribution in [0.3, 0.4) is 0 Å². The molecule has 2 aromatic heterocycles. The zero-order valence-corrected chi connectivity index (χ0v) is 27.6. The van der Waals surface area contributed by atoms with E-state index in [9.17, 15) is 19.2 Å². The molecular formula is C31H29BrCl2N6O5. The molecule has 11 nitrogen and oxygen atoms in total. The van der Waals surface area contributed by atoms with Crippen molar-refractivity contribution in [2.75, 3.05) is 32.1 Å². The molecule has 2 heterocycles. The van der Waals surface area contributed by atoms with Crippen molar-refractivity contribution in [1.82, 2.24) is 25.3 Å². The molecule has 0 atom stereocenters. The molecule has 0 aliphatic rings. The molecule has 0 aliphatic heterocycles. The summed E-state index contributed by atoms with van der Waals surface area (Å²) in [5, 5.41) is 8.09. The van der Waals surface area contributed by atoms with Gasteiger partial charge in [0, 0.05) is 42.5 Å². The minimum Gasteiger partial charge on any atom is -0.485 e. The van der Waals surface area contributed by atoms with Gasteiger partial charge in [0.15, 0.2) is 11.4 Å². The summed E-state index contributed by atoms with van der Waals surface area (Å²) in [7, 11) is 3.02. The van der Waals surface area contributed by atoms with Crippen molar-refractivity contribution >= 4 is 80.2 Å². The maximum atomic E-state index is 12.9. The number of hydrogen-bond acceptors (Lipinski definition) is 6. The van der Waals surface area contributed by atoms with E-state index in [1.54, 1.807) is 55.6 Å². The predicted octanol–water partition coefficient (Wildman–Crippen LogP) is 4.56. The number of nitrogens with zero attached hydrogens (tertiary/aromatic N) is 3. The zero-order chi connectivity index (χ0) is 32.7. The monoisotopic (exact) mass is 714 g/mol. The summed E-state index contributed by atoms with van der Waals surface area (Å²) in [5.41, 5.74) is 3.34. The SMILES string of the molecule is CNC(=O)CNC(=O)c1ccc(C=CC(=O)NCC(=O)N(C)c2ccc(Cl)c(COc3cccn4c(Br)c(C)nc34)c2Cl)cc1. The fourth-order valence-corrected chi connectivity index (χ4v) is 5.09. The van der Waals surface area contributed by atoms with E-state index < -0.39 is 17.7 Å². The van der Waals surface area contributed by atoms with E-state index in [1.165, 1.54) is 18.0 Å². The first-order valence-electron chi connectivity index (χ1n) is 13.5. The predicted molar refractivity (Wildman–Crippen MR) is 177 cm³/mol. The number of nitrogens with one attached hydrogen (secondary N) is 3. The highest BCUT2D eigenvalue weighted by atomic mass is 79.9. The van der Waals surface area contributed by atoms with E-state index >= 15 is 0 Å². The van der Waals surface area contributed by atoms with Crippen LogP contribution in [0.15, 0.2) is 65.4 Å². The molecule has 0 radical (unpaired) electrons. The number of hydrogen-bond donors (Lipinski definition) is 3. The molecule has 4 rings (SSSR count). The van der Waals surface area contributed by atoms with Crippen molar-refractivity contribution in [2.24, 2.45) is 0 Å². The lowest BCUT2D eigenvalue weighted by molar-refractivity contribution is -0.122. The summed E-state index contributed by atoms with van der Waals surface area (Å²) < 4.78 is 8.72. The van der Waals surface area contributed by atoms with Crippen molar-refractivity contribution < 1.29 is 23.9 Å². The van der Waals surface area contributed by atoms with Gasteiger partial charge in [-0.1, -0.05) is 35.3 Å². The second-order valence-corrected chi connectivity index (χ2v) is 11.2. The molecule has 0 aliphatic carbocycles. The van der Waals surface area contributed by atoms with Crippen LogP contribution in [-0.4, -0.2) is 60.2 Å². The largest absolute Gasteiger partial charge is 0.485 e. The van der Waals surface area contributed by atoms with Crippen LogP contribution in [0.1, 0.15) is 27.2 Å². The minimum absolute atomic E-state index is 0.0277. The number of aryl methyl sites for hydroxylation is 1. The third kappa shape index (κ3) is 8.21. The molecule has 45 heavy (non-hydrogen) atoms. The summed E-state index contributed by atoms with van der Waals surface area (Å²) in [6.07, 6.45) is 4.68. The number of imidazole rings is 1. The van der Waals surface area contributed by atoms with Gasteiger partial charge in [0.05, 0.1) is 29.5 Å². The number of ether oxygens (including phenoxy) is 1. The summed E-state index contributed by atoms with van der Waals surface area (Å²) in [6.45, 7) is 1.49. The average Bonchev–Trinajstić information content (AvgIpc) is 3.34. The number of carbonyl (C=O) groups excluding carboxylic acids is 4. The first kappa shape index (κ1) is 33.5. The lowest BCUT2D eigenvalue weighted by Gasteiger charge is -2.21. The van der Waals surface area contributed by atoms with Crippen molar-refractivity contribution in [2.45, 2.75) is 13.5 Å². The standard InChI is InChI=1S/C31H29BrCl2N6O5/c1-18-29(32)40-14-4-5-24(30(40)38-18)45-17-21-22(33)11-12-23(28(21)34)39(3)27(43)16-36-25(41)13-8-19-6-9-20(10-7-19)31(44)37-15-26(42)35-2/h4-14H,15-17H2,1-3H3,(H,35,42)(H,36,41)(H,37,44). The Hall–Kier alpha value is -4.39. The van der Waals surface area contributed by atoms with Crippen LogP contribution in [0.2, 0.25) is 10.0 Å². The van der Waals surface area contributed by atoms with Crippen LogP contribution in [0.25, 0.3) is 11.7 Å². The number of fused-ring (bicyclic) bond motifs is 1. The van der Waals surface area contributed by atoms with Gasteiger partial charge >= 0.3 is 0 Å².